The second-order valence-corrected chi connectivity index (χ2v) is 4.36. The molecule has 0 saturated heterocycles. The lowest BCUT2D eigenvalue weighted by Gasteiger charge is -2.06. The van der Waals surface area contributed by atoms with Crippen molar-refractivity contribution in [2.75, 3.05) is 11.9 Å². The fraction of sp³-hybridized carbons (Fsp3) is 0.167. The lowest BCUT2D eigenvalue weighted by Crippen LogP contribution is -2.12. The van der Waals surface area contributed by atoms with Crippen molar-refractivity contribution in [2.24, 2.45) is 0 Å². The summed E-state index contributed by atoms with van der Waals surface area (Å²) in [7, 11) is 0. The van der Waals surface area contributed by atoms with Crippen LogP contribution in [0, 0.1) is 0 Å². The molecule has 1 amide bonds. The summed E-state index contributed by atoms with van der Waals surface area (Å²) in [5, 5.41) is 9.15. The Morgan fingerprint density at radius 1 is 1.44 bits per heavy atom. The third-order valence-electron chi connectivity index (χ3n) is 2.24. The Morgan fingerprint density at radius 3 is 2.72 bits per heavy atom. The molecule has 0 aliphatic carbocycles. The van der Waals surface area contributed by atoms with Crippen LogP contribution in [0.2, 0.25) is 0 Å². The Kier molecular flexibility index (Phi) is 3.99. The van der Waals surface area contributed by atoms with Crippen LogP contribution in [0.5, 0.6) is 5.75 Å². The molecular formula is C12H12BrN3O2. The average molecular weight is 310 g/mol. The zero-order valence-electron chi connectivity index (χ0n) is 9.74. The van der Waals surface area contributed by atoms with Gasteiger partial charge in [-0.15, -0.1) is 0 Å². The number of hydrogen-bond donors (Lipinski definition) is 2. The van der Waals surface area contributed by atoms with Gasteiger partial charge >= 0.3 is 0 Å². The van der Waals surface area contributed by atoms with E-state index in [-0.39, 0.29) is 5.91 Å². The number of anilines is 1. The van der Waals surface area contributed by atoms with Gasteiger partial charge in [-0.25, -0.2) is 0 Å². The molecular weight excluding hydrogens is 298 g/mol. The highest BCUT2D eigenvalue weighted by molar-refractivity contribution is 9.10. The van der Waals surface area contributed by atoms with Crippen LogP contribution in [-0.4, -0.2) is 22.7 Å². The predicted molar refractivity (Wildman–Crippen MR) is 71.9 cm³/mol. The molecule has 94 valence electrons. The minimum Gasteiger partial charge on any atom is -0.494 e. The van der Waals surface area contributed by atoms with Crippen LogP contribution in [0.3, 0.4) is 0 Å². The van der Waals surface area contributed by atoms with Gasteiger partial charge in [0.2, 0.25) is 0 Å². The molecule has 18 heavy (non-hydrogen) atoms. The van der Waals surface area contributed by atoms with E-state index in [9.17, 15) is 4.79 Å². The predicted octanol–water partition coefficient (Wildman–Crippen LogP) is 2.82. The van der Waals surface area contributed by atoms with Gasteiger partial charge in [0.05, 0.1) is 17.3 Å². The summed E-state index contributed by atoms with van der Waals surface area (Å²) in [5.41, 5.74) is 1.09. The molecule has 0 unspecified atom stereocenters. The van der Waals surface area contributed by atoms with Gasteiger partial charge in [0.15, 0.2) is 0 Å². The number of carbonyl (C=O) groups is 1. The Hall–Kier alpha value is -1.82. The Labute approximate surface area is 113 Å². The third-order valence-corrected chi connectivity index (χ3v) is 2.84. The molecule has 0 bridgehead atoms. The SMILES string of the molecule is CCOc1ccc(NC(=O)c2[nH]ncc2Br)cc1. The summed E-state index contributed by atoms with van der Waals surface area (Å²) in [6.07, 6.45) is 1.53. The number of ether oxygens (including phenoxy) is 1. The number of amides is 1. The largest absolute Gasteiger partial charge is 0.494 e. The van der Waals surface area contributed by atoms with Crippen molar-refractivity contribution in [1.82, 2.24) is 10.2 Å². The van der Waals surface area contributed by atoms with E-state index >= 15 is 0 Å². The number of nitrogens with zero attached hydrogens (tertiary/aromatic N) is 1. The molecule has 2 aromatic rings. The maximum atomic E-state index is 11.9. The zero-order valence-corrected chi connectivity index (χ0v) is 11.3. The van der Waals surface area contributed by atoms with E-state index in [0.717, 1.165) is 5.75 Å². The highest BCUT2D eigenvalue weighted by Gasteiger charge is 2.11. The van der Waals surface area contributed by atoms with Crippen LogP contribution in [-0.2, 0) is 0 Å². The fourth-order valence-corrected chi connectivity index (χ4v) is 1.80. The summed E-state index contributed by atoms with van der Waals surface area (Å²) < 4.78 is 5.95. The monoisotopic (exact) mass is 309 g/mol. The molecule has 0 atom stereocenters. The van der Waals surface area contributed by atoms with Crippen LogP contribution in [0.25, 0.3) is 0 Å². The van der Waals surface area contributed by atoms with E-state index < -0.39 is 0 Å². The van der Waals surface area contributed by atoms with Crippen molar-refractivity contribution in [2.45, 2.75) is 6.92 Å². The highest BCUT2D eigenvalue weighted by atomic mass is 79.9. The number of rotatable bonds is 4. The zero-order chi connectivity index (χ0) is 13.0. The maximum Gasteiger partial charge on any atom is 0.274 e. The summed E-state index contributed by atoms with van der Waals surface area (Å²) in [4.78, 5) is 11.9. The lowest BCUT2D eigenvalue weighted by atomic mass is 10.3. The van der Waals surface area contributed by atoms with E-state index in [2.05, 4.69) is 31.4 Å². The third kappa shape index (κ3) is 2.89. The molecule has 2 rings (SSSR count). The number of aromatic nitrogens is 2. The van der Waals surface area contributed by atoms with Gasteiger partial charge in [-0.05, 0) is 47.1 Å². The molecule has 1 aromatic heterocycles. The maximum absolute atomic E-state index is 11.9. The van der Waals surface area contributed by atoms with E-state index in [1.807, 2.05) is 6.92 Å². The molecule has 6 heteroatoms. The quantitative estimate of drug-likeness (QED) is 0.912. The highest BCUT2D eigenvalue weighted by Crippen LogP contribution is 2.18. The molecule has 0 aliphatic heterocycles. The fourth-order valence-electron chi connectivity index (χ4n) is 1.43. The average Bonchev–Trinajstić information content (AvgIpc) is 2.78. The molecule has 0 aliphatic rings. The van der Waals surface area contributed by atoms with E-state index in [4.69, 9.17) is 4.74 Å². The summed E-state index contributed by atoms with van der Waals surface area (Å²) in [5.74, 6) is 0.529. The van der Waals surface area contributed by atoms with Gasteiger partial charge in [-0.1, -0.05) is 0 Å². The number of carbonyl (C=O) groups excluding carboxylic acids is 1. The van der Waals surface area contributed by atoms with Crippen molar-refractivity contribution < 1.29 is 9.53 Å². The van der Waals surface area contributed by atoms with Gasteiger partial charge in [-0.2, -0.15) is 5.10 Å². The molecule has 0 saturated carbocycles. The van der Waals surface area contributed by atoms with Crippen LogP contribution in [0.4, 0.5) is 5.69 Å². The molecule has 0 radical (unpaired) electrons. The van der Waals surface area contributed by atoms with E-state index in [1.165, 1.54) is 6.20 Å². The van der Waals surface area contributed by atoms with Gasteiger partial charge in [0.25, 0.3) is 5.91 Å². The number of nitrogens with one attached hydrogen (secondary N) is 2. The first-order valence-corrected chi connectivity index (χ1v) is 6.23. The van der Waals surface area contributed by atoms with Crippen molar-refractivity contribution in [3.05, 3.63) is 40.6 Å². The van der Waals surface area contributed by atoms with Gasteiger partial charge in [-0.3, -0.25) is 9.89 Å². The Balaban J connectivity index is 2.05. The Bertz CT molecular complexity index is 537. The number of aromatic amines is 1. The lowest BCUT2D eigenvalue weighted by molar-refractivity contribution is 0.102. The summed E-state index contributed by atoms with van der Waals surface area (Å²) >= 11 is 3.24. The smallest absolute Gasteiger partial charge is 0.274 e. The van der Waals surface area contributed by atoms with Gasteiger partial charge < -0.3 is 10.1 Å². The second kappa shape index (κ2) is 5.68. The first kappa shape index (κ1) is 12.6. The number of hydrogen-bond acceptors (Lipinski definition) is 3. The van der Waals surface area contributed by atoms with E-state index in [0.29, 0.717) is 22.5 Å². The minimum absolute atomic E-state index is 0.247. The molecule has 2 N–H and O–H groups in total. The first-order valence-electron chi connectivity index (χ1n) is 5.43. The summed E-state index contributed by atoms with van der Waals surface area (Å²) in [6.45, 7) is 2.54. The van der Waals surface area contributed by atoms with Crippen LogP contribution in [0.15, 0.2) is 34.9 Å². The molecule has 1 aromatic carbocycles. The van der Waals surface area contributed by atoms with Crippen molar-refractivity contribution >= 4 is 27.5 Å². The summed E-state index contributed by atoms with van der Waals surface area (Å²) in [6, 6.07) is 7.18. The molecule has 1 heterocycles. The number of halogens is 1. The molecule has 0 fully saturated rings. The number of H-pyrrole nitrogens is 1. The van der Waals surface area contributed by atoms with Crippen LogP contribution >= 0.6 is 15.9 Å². The van der Waals surface area contributed by atoms with Crippen molar-refractivity contribution in [1.29, 1.82) is 0 Å². The van der Waals surface area contributed by atoms with Crippen molar-refractivity contribution in [3.63, 3.8) is 0 Å². The minimum atomic E-state index is -0.247. The second-order valence-electron chi connectivity index (χ2n) is 3.50. The molecule has 0 spiro atoms. The normalized spacial score (nSPS) is 10.1. The van der Waals surface area contributed by atoms with E-state index in [1.54, 1.807) is 24.3 Å². The number of benzene rings is 1. The van der Waals surface area contributed by atoms with Crippen LogP contribution < -0.4 is 10.1 Å². The van der Waals surface area contributed by atoms with Crippen molar-refractivity contribution in [3.8, 4) is 5.75 Å². The van der Waals surface area contributed by atoms with Gasteiger partial charge in [0, 0.05) is 5.69 Å². The van der Waals surface area contributed by atoms with Crippen LogP contribution in [0.1, 0.15) is 17.4 Å². The molecule has 5 nitrogen and oxygen atoms in total. The van der Waals surface area contributed by atoms with Gasteiger partial charge in [0.1, 0.15) is 11.4 Å². The standard InChI is InChI=1S/C12H12BrN3O2/c1-2-18-9-5-3-8(4-6-9)15-12(17)11-10(13)7-14-16-11/h3-7H,2H2,1H3,(H,14,16)(H,15,17). The first-order chi connectivity index (χ1) is 8.70. The topological polar surface area (TPSA) is 67.0 Å². The Morgan fingerprint density at radius 2 is 2.17 bits per heavy atom.